The molecule has 100 valence electrons. The summed E-state index contributed by atoms with van der Waals surface area (Å²) in [4.78, 5) is 0. The molecule has 19 heavy (non-hydrogen) atoms. The maximum absolute atomic E-state index is 13.6. The van der Waals surface area contributed by atoms with Crippen LogP contribution in [0.5, 0.6) is 0 Å². The molecule has 0 aliphatic heterocycles. The molecule has 0 saturated carbocycles. The zero-order valence-corrected chi connectivity index (χ0v) is 11.8. The molecule has 1 N–H and O–H groups in total. The van der Waals surface area contributed by atoms with Gasteiger partial charge in [-0.05, 0) is 47.9 Å². The van der Waals surface area contributed by atoms with E-state index < -0.39 is 6.10 Å². The fraction of sp³-hybridized carbons (Fsp3) is 0.200. The minimum atomic E-state index is -0.788. The van der Waals surface area contributed by atoms with E-state index in [1.807, 2.05) is 6.92 Å². The lowest BCUT2D eigenvalue weighted by Crippen LogP contribution is -2.04. The lowest BCUT2D eigenvalue weighted by Gasteiger charge is -2.13. The first kappa shape index (κ1) is 14.3. The van der Waals surface area contributed by atoms with E-state index in [0.717, 1.165) is 5.56 Å². The molecule has 0 saturated heterocycles. The molecule has 2 aromatic rings. The molecule has 0 aliphatic rings. The van der Waals surface area contributed by atoms with Crippen LogP contribution in [0, 0.1) is 12.7 Å². The van der Waals surface area contributed by atoms with E-state index in [4.69, 9.17) is 23.2 Å². The molecule has 1 nitrogen and oxygen atoms in total. The van der Waals surface area contributed by atoms with E-state index in [9.17, 15) is 9.50 Å². The van der Waals surface area contributed by atoms with Gasteiger partial charge < -0.3 is 5.11 Å². The molecule has 2 rings (SSSR count). The molecule has 0 bridgehead atoms. The summed E-state index contributed by atoms with van der Waals surface area (Å²) in [5.41, 5.74) is 1.98. The van der Waals surface area contributed by atoms with Crippen molar-refractivity contribution in [2.75, 3.05) is 0 Å². The maximum Gasteiger partial charge on any atom is 0.126 e. The van der Waals surface area contributed by atoms with Crippen molar-refractivity contribution in [2.45, 2.75) is 19.4 Å². The number of rotatable bonds is 3. The van der Waals surface area contributed by atoms with Crippen molar-refractivity contribution in [2.24, 2.45) is 0 Å². The monoisotopic (exact) mass is 298 g/mol. The van der Waals surface area contributed by atoms with Gasteiger partial charge in [0.15, 0.2) is 0 Å². The minimum absolute atomic E-state index is 0.174. The van der Waals surface area contributed by atoms with Crippen molar-refractivity contribution < 1.29 is 9.50 Å². The Hall–Kier alpha value is -1.09. The normalized spacial score (nSPS) is 12.5. The SMILES string of the molecule is Cc1cc(C(O)Cc2cc(Cl)ccc2F)ccc1Cl. The zero-order chi connectivity index (χ0) is 14.0. The highest BCUT2D eigenvalue weighted by Crippen LogP contribution is 2.25. The first-order valence-electron chi connectivity index (χ1n) is 5.85. The Morgan fingerprint density at radius 3 is 2.58 bits per heavy atom. The van der Waals surface area contributed by atoms with Gasteiger partial charge in [0, 0.05) is 16.5 Å². The maximum atomic E-state index is 13.6. The predicted octanol–water partition coefficient (Wildman–Crippen LogP) is 4.72. The van der Waals surface area contributed by atoms with Crippen LogP contribution >= 0.6 is 23.2 Å². The van der Waals surface area contributed by atoms with Gasteiger partial charge in [-0.25, -0.2) is 4.39 Å². The number of aliphatic hydroxyl groups is 1. The number of aryl methyl sites for hydroxylation is 1. The van der Waals surface area contributed by atoms with Crippen LogP contribution in [0.4, 0.5) is 4.39 Å². The van der Waals surface area contributed by atoms with Gasteiger partial charge in [0.2, 0.25) is 0 Å². The second kappa shape index (κ2) is 5.91. The Morgan fingerprint density at radius 2 is 1.89 bits per heavy atom. The first-order valence-corrected chi connectivity index (χ1v) is 6.61. The molecular weight excluding hydrogens is 286 g/mol. The summed E-state index contributed by atoms with van der Waals surface area (Å²) in [5, 5.41) is 11.2. The molecule has 0 amide bonds. The van der Waals surface area contributed by atoms with Gasteiger partial charge in [-0.2, -0.15) is 0 Å². The van der Waals surface area contributed by atoms with Crippen LogP contribution in [0.25, 0.3) is 0 Å². The van der Waals surface area contributed by atoms with Gasteiger partial charge in [0.1, 0.15) is 5.82 Å². The largest absolute Gasteiger partial charge is 0.388 e. The van der Waals surface area contributed by atoms with Crippen molar-refractivity contribution in [3.63, 3.8) is 0 Å². The van der Waals surface area contributed by atoms with Gasteiger partial charge in [-0.3, -0.25) is 0 Å². The first-order chi connectivity index (χ1) is 8.97. The summed E-state index contributed by atoms with van der Waals surface area (Å²) in [5.74, 6) is -0.367. The molecule has 4 heteroatoms. The zero-order valence-electron chi connectivity index (χ0n) is 10.3. The Labute approximate surface area is 121 Å². The fourth-order valence-electron chi connectivity index (χ4n) is 1.90. The molecule has 1 unspecified atom stereocenters. The number of hydrogen-bond acceptors (Lipinski definition) is 1. The van der Waals surface area contributed by atoms with Crippen LogP contribution in [-0.4, -0.2) is 5.11 Å². The van der Waals surface area contributed by atoms with Gasteiger partial charge in [-0.15, -0.1) is 0 Å². The van der Waals surface area contributed by atoms with Gasteiger partial charge >= 0.3 is 0 Å². The summed E-state index contributed by atoms with van der Waals surface area (Å²) in [7, 11) is 0. The van der Waals surface area contributed by atoms with Gasteiger partial charge in [0.05, 0.1) is 6.10 Å². The van der Waals surface area contributed by atoms with E-state index in [0.29, 0.717) is 21.2 Å². The van der Waals surface area contributed by atoms with Crippen LogP contribution in [0.15, 0.2) is 36.4 Å². The Kier molecular flexibility index (Phi) is 4.46. The Morgan fingerprint density at radius 1 is 1.16 bits per heavy atom. The minimum Gasteiger partial charge on any atom is -0.388 e. The molecule has 0 aromatic heterocycles. The second-order valence-corrected chi connectivity index (χ2v) is 5.31. The number of halogens is 3. The Balaban J connectivity index is 2.22. The second-order valence-electron chi connectivity index (χ2n) is 4.46. The van der Waals surface area contributed by atoms with Crippen LogP contribution in [-0.2, 0) is 6.42 Å². The molecule has 0 spiro atoms. The molecule has 0 heterocycles. The summed E-state index contributed by atoms with van der Waals surface area (Å²) >= 11 is 11.8. The highest BCUT2D eigenvalue weighted by atomic mass is 35.5. The lowest BCUT2D eigenvalue weighted by molar-refractivity contribution is 0.177. The number of hydrogen-bond donors (Lipinski definition) is 1. The van der Waals surface area contributed by atoms with Crippen molar-refractivity contribution in [1.29, 1.82) is 0 Å². The number of benzene rings is 2. The molecule has 0 fully saturated rings. The van der Waals surface area contributed by atoms with E-state index >= 15 is 0 Å². The average Bonchev–Trinajstić information content (AvgIpc) is 2.37. The van der Waals surface area contributed by atoms with Crippen LogP contribution in [0.3, 0.4) is 0 Å². The highest BCUT2D eigenvalue weighted by molar-refractivity contribution is 6.31. The van der Waals surface area contributed by atoms with Crippen molar-refractivity contribution >= 4 is 23.2 Å². The van der Waals surface area contributed by atoms with Crippen molar-refractivity contribution in [3.05, 3.63) is 69.0 Å². The Bertz CT molecular complexity index is 599. The van der Waals surface area contributed by atoms with Crippen LogP contribution < -0.4 is 0 Å². The highest BCUT2D eigenvalue weighted by Gasteiger charge is 2.13. The summed E-state index contributed by atoms with van der Waals surface area (Å²) in [6, 6.07) is 9.58. The van der Waals surface area contributed by atoms with E-state index in [1.54, 1.807) is 18.2 Å². The third kappa shape index (κ3) is 3.47. The van der Waals surface area contributed by atoms with E-state index in [1.165, 1.54) is 18.2 Å². The molecular formula is C15H13Cl2FO. The number of aliphatic hydroxyl groups excluding tert-OH is 1. The van der Waals surface area contributed by atoms with Gasteiger partial charge in [0.25, 0.3) is 0 Å². The van der Waals surface area contributed by atoms with E-state index in [-0.39, 0.29) is 12.2 Å². The standard InChI is InChI=1S/C15H13Cl2FO/c1-9-6-10(2-4-13(9)17)15(19)8-11-7-12(16)3-5-14(11)18/h2-7,15,19H,8H2,1H3. The quantitative estimate of drug-likeness (QED) is 0.869. The van der Waals surface area contributed by atoms with Crippen LogP contribution in [0.2, 0.25) is 10.0 Å². The molecule has 1 atom stereocenters. The summed E-state index contributed by atoms with van der Waals surface area (Å²) < 4.78 is 13.6. The van der Waals surface area contributed by atoms with E-state index in [2.05, 4.69) is 0 Å². The summed E-state index contributed by atoms with van der Waals surface area (Å²) in [6.45, 7) is 1.86. The third-order valence-electron chi connectivity index (χ3n) is 2.99. The fourth-order valence-corrected chi connectivity index (χ4v) is 2.21. The third-order valence-corrected chi connectivity index (χ3v) is 3.65. The molecule has 0 aliphatic carbocycles. The topological polar surface area (TPSA) is 20.2 Å². The average molecular weight is 299 g/mol. The van der Waals surface area contributed by atoms with Crippen LogP contribution in [0.1, 0.15) is 22.8 Å². The van der Waals surface area contributed by atoms with Crippen molar-refractivity contribution in [3.8, 4) is 0 Å². The predicted molar refractivity (Wildman–Crippen MR) is 76.3 cm³/mol. The smallest absolute Gasteiger partial charge is 0.126 e. The molecule has 0 radical (unpaired) electrons. The molecule has 2 aromatic carbocycles. The van der Waals surface area contributed by atoms with Gasteiger partial charge in [-0.1, -0.05) is 35.3 Å². The lowest BCUT2D eigenvalue weighted by atomic mass is 10.00. The van der Waals surface area contributed by atoms with Crippen molar-refractivity contribution in [1.82, 2.24) is 0 Å². The summed E-state index contributed by atoms with van der Waals surface area (Å²) in [6.07, 6.45) is -0.614.